The van der Waals surface area contributed by atoms with Crippen molar-refractivity contribution in [2.75, 3.05) is 13.1 Å². The smallest absolute Gasteiger partial charge is 0.238 e. The predicted molar refractivity (Wildman–Crippen MR) is 73.0 cm³/mol. The molecule has 2 aliphatic rings. The monoisotopic (exact) mass is 281 g/mol. The number of nitrogens with two attached hydrogens (primary N) is 1. The van der Waals surface area contributed by atoms with Gasteiger partial charge in [-0.05, 0) is 36.0 Å². The molecule has 6 heteroatoms. The first-order chi connectivity index (χ1) is 8.97. The van der Waals surface area contributed by atoms with Gasteiger partial charge in [-0.1, -0.05) is 12.1 Å². The lowest BCUT2D eigenvalue weighted by Gasteiger charge is -2.54. The Labute approximate surface area is 113 Å². The van der Waals surface area contributed by atoms with Gasteiger partial charge in [-0.2, -0.15) is 0 Å². The fraction of sp³-hybridized carbons (Fsp3) is 0.538. The molecule has 1 spiro atoms. The van der Waals surface area contributed by atoms with Gasteiger partial charge in [0.15, 0.2) is 0 Å². The van der Waals surface area contributed by atoms with Crippen LogP contribution in [0.25, 0.3) is 0 Å². The highest BCUT2D eigenvalue weighted by Crippen LogP contribution is 2.44. The lowest BCUT2D eigenvalue weighted by Crippen LogP contribution is -2.64. The molecule has 104 valence electrons. The number of nitrogens with one attached hydrogen (secondary N) is 2. The summed E-state index contributed by atoms with van der Waals surface area (Å²) in [6, 6.07) is 7.34. The van der Waals surface area contributed by atoms with Gasteiger partial charge in [-0.15, -0.1) is 0 Å². The Hall–Kier alpha value is -0.950. The SMILES string of the molecule is NS(=O)(=O)c1ccc(CNC2CC3(CNC3)C2)cc1. The van der Waals surface area contributed by atoms with Crippen LogP contribution in [0.1, 0.15) is 18.4 Å². The molecule has 1 saturated heterocycles. The van der Waals surface area contributed by atoms with E-state index in [2.05, 4.69) is 10.6 Å². The van der Waals surface area contributed by atoms with E-state index in [-0.39, 0.29) is 4.90 Å². The first kappa shape index (κ1) is 13.1. The molecule has 1 heterocycles. The van der Waals surface area contributed by atoms with Crippen molar-refractivity contribution in [2.24, 2.45) is 10.6 Å². The Kier molecular flexibility index (Phi) is 3.13. The summed E-state index contributed by atoms with van der Waals surface area (Å²) in [4.78, 5) is 0.166. The van der Waals surface area contributed by atoms with Gasteiger partial charge < -0.3 is 10.6 Å². The summed E-state index contributed by atoms with van der Waals surface area (Å²) in [5.74, 6) is 0. The zero-order chi connectivity index (χ0) is 13.5. The number of hydrogen-bond acceptors (Lipinski definition) is 4. The number of benzene rings is 1. The standard InChI is InChI=1S/C13H19N3O2S/c14-19(17,18)12-3-1-10(2-4-12)7-16-11-5-13(6-11)8-15-9-13/h1-4,11,15-16H,5-9H2,(H2,14,17,18). The lowest BCUT2D eigenvalue weighted by atomic mass is 9.61. The molecule has 0 bridgehead atoms. The van der Waals surface area contributed by atoms with Gasteiger partial charge >= 0.3 is 0 Å². The number of sulfonamides is 1. The Bertz CT molecular complexity index is 556. The van der Waals surface area contributed by atoms with Crippen molar-refractivity contribution in [2.45, 2.75) is 30.3 Å². The van der Waals surface area contributed by atoms with Crippen LogP contribution in [-0.2, 0) is 16.6 Å². The highest BCUT2D eigenvalue weighted by molar-refractivity contribution is 7.89. The third-order valence-corrected chi connectivity index (χ3v) is 5.13. The summed E-state index contributed by atoms with van der Waals surface area (Å²) in [6.45, 7) is 3.10. The van der Waals surface area contributed by atoms with Crippen LogP contribution in [0.3, 0.4) is 0 Å². The van der Waals surface area contributed by atoms with E-state index in [0.717, 1.165) is 25.2 Å². The van der Waals surface area contributed by atoms with Gasteiger partial charge in [0, 0.05) is 25.7 Å². The molecule has 1 aromatic rings. The molecule has 5 nitrogen and oxygen atoms in total. The van der Waals surface area contributed by atoms with E-state index in [0.29, 0.717) is 11.5 Å². The van der Waals surface area contributed by atoms with Crippen molar-refractivity contribution < 1.29 is 8.42 Å². The third kappa shape index (κ3) is 2.67. The van der Waals surface area contributed by atoms with E-state index in [1.165, 1.54) is 12.8 Å². The zero-order valence-corrected chi connectivity index (χ0v) is 11.5. The van der Waals surface area contributed by atoms with Gasteiger partial charge in [0.25, 0.3) is 0 Å². The predicted octanol–water partition coefficient (Wildman–Crippen LogP) is 0.176. The Balaban J connectivity index is 1.51. The number of rotatable bonds is 4. The largest absolute Gasteiger partial charge is 0.316 e. The van der Waals surface area contributed by atoms with E-state index in [4.69, 9.17) is 5.14 Å². The van der Waals surface area contributed by atoms with Gasteiger partial charge in [-0.25, -0.2) is 13.6 Å². The molecular weight excluding hydrogens is 262 g/mol. The average molecular weight is 281 g/mol. The molecule has 1 saturated carbocycles. The van der Waals surface area contributed by atoms with E-state index >= 15 is 0 Å². The minimum absolute atomic E-state index is 0.166. The quantitative estimate of drug-likeness (QED) is 0.735. The molecule has 19 heavy (non-hydrogen) atoms. The minimum atomic E-state index is -3.58. The summed E-state index contributed by atoms with van der Waals surface area (Å²) in [5, 5.41) is 11.9. The fourth-order valence-corrected chi connectivity index (χ4v) is 3.47. The van der Waals surface area contributed by atoms with Crippen LogP contribution in [0.4, 0.5) is 0 Å². The molecule has 4 N–H and O–H groups in total. The van der Waals surface area contributed by atoms with Crippen molar-refractivity contribution >= 4 is 10.0 Å². The van der Waals surface area contributed by atoms with Crippen molar-refractivity contribution in [1.29, 1.82) is 0 Å². The normalized spacial score (nSPS) is 21.9. The zero-order valence-electron chi connectivity index (χ0n) is 10.7. The van der Waals surface area contributed by atoms with E-state index in [9.17, 15) is 8.42 Å². The van der Waals surface area contributed by atoms with Crippen LogP contribution in [0.5, 0.6) is 0 Å². The Morgan fingerprint density at radius 3 is 2.37 bits per heavy atom. The molecule has 3 rings (SSSR count). The van der Waals surface area contributed by atoms with Gasteiger partial charge in [0.2, 0.25) is 10.0 Å². The maximum Gasteiger partial charge on any atom is 0.238 e. The van der Waals surface area contributed by atoms with E-state index < -0.39 is 10.0 Å². The maximum absolute atomic E-state index is 11.1. The molecule has 0 radical (unpaired) electrons. The third-order valence-electron chi connectivity index (χ3n) is 4.21. The van der Waals surface area contributed by atoms with Gasteiger partial charge in [0.1, 0.15) is 0 Å². The van der Waals surface area contributed by atoms with Gasteiger partial charge in [-0.3, -0.25) is 0 Å². The molecule has 2 fully saturated rings. The van der Waals surface area contributed by atoms with E-state index in [1.54, 1.807) is 12.1 Å². The molecule has 0 unspecified atom stereocenters. The minimum Gasteiger partial charge on any atom is -0.316 e. The number of hydrogen-bond donors (Lipinski definition) is 3. The van der Waals surface area contributed by atoms with E-state index in [1.807, 2.05) is 12.1 Å². The first-order valence-electron chi connectivity index (χ1n) is 6.53. The lowest BCUT2D eigenvalue weighted by molar-refractivity contribution is 0.0230. The summed E-state index contributed by atoms with van der Waals surface area (Å²) < 4.78 is 22.3. The van der Waals surface area contributed by atoms with Crippen LogP contribution in [-0.4, -0.2) is 27.5 Å². The highest BCUT2D eigenvalue weighted by Gasteiger charge is 2.47. The second-order valence-corrected chi connectivity index (χ2v) is 7.34. The maximum atomic E-state index is 11.1. The summed E-state index contributed by atoms with van der Waals surface area (Å²) in [6.07, 6.45) is 2.49. The molecule has 1 aliphatic carbocycles. The van der Waals surface area contributed by atoms with Crippen LogP contribution in [0.2, 0.25) is 0 Å². The van der Waals surface area contributed by atoms with Crippen molar-refractivity contribution in [1.82, 2.24) is 10.6 Å². The van der Waals surface area contributed by atoms with Crippen LogP contribution in [0, 0.1) is 5.41 Å². The van der Waals surface area contributed by atoms with Crippen molar-refractivity contribution in [3.8, 4) is 0 Å². The first-order valence-corrected chi connectivity index (χ1v) is 8.07. The molecule has 0 aromatic heterocycles. The average Bonchev–Trinajstić information content (AvgIpc) is 2.24. The van der Waals surface area contributed by atoms with Crippen LogP contribution < -0.4 is 15.8 Å². The molecule has 1 aromatic carbocycles. The fourth-order valence-electron chi connectivity index (χ4n) is 2.96. The second kappa shape index (κ2) is 4.56. The molecule has 0 atom stereocenters. The summed E-state index contributed by atoms with van der Waals surface area (Å²) >= 11 is 0. The summed E-state index contributed by atoms with van der Waals surface area (Å²) in [5.41, 5.74) is 1.66. The Morgan fingerprint density at radius 2 is 1.89 bits per heavy atom. The second-order valence-electron chi connectivity index (χ2n) is 5.78. The van der Waals surface area contributed by atoms with Crippen LogP contribution >= 0.6 is 0 Å². The topological polar surface area (TPSA) is 84.2 Å². The Morgan fingerprint density at radius 1 is 1.26 bits per heavy atom. The molecule has 1 aliphatic heterocycles. The molecule has 0 amide bonds. The summed E-state index contributed by atoms with van der Waals surface area (Å²) in [7, 11) is -3.58. The van der Waals surface area contributed by atoms with Gasteiger partial charge in [0.05, 0.1) is 4.90 Å². The molecular formula is C13H19N3O2S. The highest BCUT2D eigenvalue weighted by atomic mass is 32.2. The van der Waals surface area contributed by atoms with Crippen LogP contribution in [0.15, 0.2) is 29.2 Å². The van der Waals surface area contributed by atoms with Crippen molar-refractivity contribution in [3.05, 3.63) is 29.8 Å². The van der Waals surface area contributed by atoms with Crippen molar-refractivity contribution in [3.63, 3.8) is 0 Å². The number of primary sulfonamides is 1.